The monoisotopic (exact) mass is 877 g/mol. The number of aliphatic hydroxyl groups excluding tert-OH is 4. The molecule has 1 saturated heterocycles. The summed E-state index contributed by atoms with van der Waals surface area (Å²) >= 11 is 0. The molecule has 62 heavy (non-hydrogen) atoms. The summed E-state index contributed by atoms with van der Waals surface area (Å²) in [5, 5.41) is 40.2. The number of esters is 1. The normalized spacial score (nSPS) is 20.1. The summed E-state index contributed by atoms with van der Waals surface area (Å²) in [6, 6.07) is 0. The molecule has 0 aromatic heterocycles. The predicted molar refractivity (Wildman–Crippen MR) is 256 cm³/mol. The summed E-state index contributed by atoms with van der Waals surface area (Å²) in [4.78, 5) is 12.8. The fraction of sp³-hybridized carbons (Fsp3) is 0.830. The number of carbonyl (C=O) groups is 1. The van der Waals surface area contributed by atoms with Crippen LogP contribution >= 0.6 is 0 Å². The van der Waals surface area contributed by atoms with E-state index in [-0.39, 0.29) is 19.2 Å². The maximum absolute atomic E-state index is 12.8. The van der Waals surface area contributed by atoms with Crippen molar-refractivity contribution in [3.8, 4) is 0 Å². The van der Waals surface area contributed by atoms with Crippen molar-refractivity contribution in [1.29, 1.82) is 0 Å². The highest BCUT2D eigenvalue weighted by molar-refractivity contribution is 5.69. The van der Waals surface area contributed by atoms with Crippen molar-refractivity contribution < 1.29 is 44.2 Å². The van der Waals surface area contributed by atoms with Crippen molar-refractivity contribution in [2.75, 3.05) is 26.4 Å². The molecular weight excluding hydrogens is 781 g/mol. The smallest absolute Gasteiger partial charge is 0.306 e. The molecule has 362 valence electrons. The molecule has 4 N–H and O–H groups in total. The zero-order valence-electron chi connectivity index (χ0n) is 39.9. The number of ether oxygens (including phenoxy) is 4. The molecule has 9 heteroatoms. The summed E-state index contributed by atoms with van der Waals surface area (Å²) in [5.74, 6) is -0.312. The Bertz CT molecular complexity index is 1090. The number of rotatable bonds is 44. The molecule has 0 saturated carbocycles. The fourth-order valence-electron chi connectivity index (χ4n) is 7.78. The third kappa shape index (κ3) is 34.5. The van der Waals surface area contributed by atoms with Gasteiger partial charge in [0.05, 0.1) is 19.8 Å². The topological polar surface area (TPSA) is 135 Å². The van der Waals surface area contributed by atoms with Crippen LogP contribution < -0.4 is 0 Å². The first-order chi connectivity index (χ1) is 30.4. The quantitative estimate of drug-likeness (QED) is 0.0268. The van der Waals surface area contributed by atoms with E-state index in [1.165, 1.54) is 141 Å². The highest BCUT2D eigenvalue weighted by Crippen LogP contribution is 2.23. The lowest BCUT2D eigenvalue weighted by Gasteiger charge is -2.39. The van der Waals surface area contributed by atoms with Crippen LogP contribution in [0.3, 0.4) is 0 Å². The van der Waals surface area contributed by atoms with Crippen molar-refractivity contribution in [3.63, 3.8) is 0 Å². The van der Waals surface area contributed by atoms with Crippen molar-refractivity contribution >= 4 is 5.97 Å². The Kier molecular flexibility index (Phi) is 41.6. The first-order valence-electron chi connectivity index (χ1n) is 25.7. The van der Waals surface area contributed by atoms with Gasteiger partial charge in [-0.25, -0.2) is 0 Å². The average Bonchev–Trinajstić information content (AvgIpc) is 3.27. The summed E-state index contributed by atoms with van der Waals surface area (Å²) in [6.07, 6.45) is 48.6. The van der Waals surface area contributed by atoms with Crippen molar-refractivity contribution in [2.24, 2.45) is 0 Å². The summed E-state index contributed by atoms with van der Waals surface area (Å²) in [5.41, 5.74) is 0. The lowest BCUT2D eigenvalue weighted by Crippen LogP contribution is -2.59. The van der Waals surface area contributed by atoms with Gasteiger partial charge in [-0.15, -0.1) is 0 Å². The molecule has 0 aromatic rings. The van der Waals surface area contributed by atoms with Crippen LogP contribution in [0.2, 0.25) is 0 Å². The van der Waals surface area contributed by atoms with Crippen LogP contribution in [0, 0.1) is 0 Å². The standard InChI is InChI=1S/C53H96O9/c1-3-5-7-9-11-13-15-17-19-20-21-22-23-24-25-26-27-29-31-33-35-37-39-41-43-59-45-47(46-60-53-52(58)51(57)50(56)48(44-54)62-53)61-49(55)42-40-38-36-34-32-30-28-18-16-14-12-10-8-6-4-2/h5,7,11,13,17,19,21-22,47-48,50-54,56-58H,3-4,6,8-10,12,14-16,18,20,23-46H2,1-2H3/b7-5-,13-11-,19-17-,22-21-. The van der Waals surface area contributed by atoms with Gasteiger partial charge in [0.25, 0.3) is 0 Å². The molecule has 1 rings (SSSR count). The first kappa shape index (κ1) is 58.2. The number of unbranched alkanes of at least 4 members (excludes halogenated alkanes) is 25. The Morgan fingerprint density at radius 2 is 0.984 bits per heavy atom. The van der Waals surface area contributed by atoms with Gasteiger partial charge in [0, 0.05) is 13.0 Å². The number of allylic oxidation sites excluding steroid dienone is 8. The van der Waals surface area contributed by atoms with Crippen LogP contribution in [0.5, 0.6) is 0 Å². The van der Waals surface area contributed by atoms with Gasteiger partial charge in [0.1, 0.15) is 30.5 Å². The van der Waals surface area contributed by atoms with E-state index in [9.17, 15) is 25.2 Å². The molecule has 0 aromatic carbocycles. The Labute approximate surface area is 380 Å². The third-order valence-electron chi connectivity index (χ3n) is 11.8. The van der Waals surface area contributed by atoms with Crippen LogP contribution in [0.1, 0.15) is 219 Å². The molecule has 1 aliphatic heterocycles. The number of aliphatic hydroxyl groups is 4. The largest absolute Gasteiger partial charge is 0.457 e. The second-order valence-corrected chi connectivity index (χ2v) is 17.6. The van der Waals surface area contributed by atoms with E-state index in [2.05, 4.69) is 62.5 Å². The van der Waals surface area contributed by atoms with Gasteiger partial charge < -0.3 is 39.4 Å². The summed E-state index contributed by atoms with van der Waals surface area (Å²) < 4.78 is 22.9. The van der Waals surface area contributed by atoms with Crippen LogP contribution in [0.15, 0.2) is 48.6 Å². The molecule has 0 spiro atoms. The molecule has 0 aliphatic carbocycles. The molecule has 1 heterocycles. The molecule has 0 bridgehead atoms. The lowest BCUT2D eigenvalue weighted by molar-refractivity contribution is -0.305. The maximum Gasteiger partial charge on any atom is 0.306 e. The third-order valence-corrected chi connectivity index (χ3v) is 11.8. The van der Waals surface area contributed by atoms with E-state index in [1.807, 2.05) is 0 Å². The summed E-state index contributed by atoms with van der Waals surface area (Å²) in [7, 11) is 0. The van der Waals surface area contributed by atoms with E-state index in [1.54, 1.807) is 0 Å². The Morgan fingerprint density at radius 1 is 0.532 bits per heavy atom. The van der Waals surface area contributed by atoms with Crippen LogP contribution in [-0.2, 0) is 23.7 Å². The molecule has 0 amide bonds. The minimum Gasteiger partial charge on any atom is -0.457 e. The molecule has 0 radical (unpaired) electrons. The zero-order chi connectivity index (χ0) is 45.0. The highest BCUT2D eigenvalue weighted by atomic mass is 16.7. The Hall–Kier alpha value is -1.85. The minimum absolute atomic E-state index is 0.113. The van der Waals surface area contributed by atoms with E-state index < -0.39 is 43.4 Å². The molecule has 1 fully saturated rings. The van der Waals surface area contributed by atoms with Gasteiger partial charge >= 0.3 is 5.97 Å². The van der Waals surface area contributed by atoms with E-state index in [4.69, 9.17) is 18.9 Å². The molecule has 6 atom stereocenters. The molecule has 9 nitrogen and oxygen atoms in total. The Morgan fingerprint density at radius 3 is 1.48 bits per heavy atom. The average molecular weight is 877 g/mol. The van der Waals surface area contributed by atoms with Crippen LogP contribution in [-0.4, -0.2) is 89.6 Å². The van der Waals surface area contributed by atoms with Crippen molar-refractivity contribution in [1.82, 2.24) is 0 Å². The van der Waals surface area contributed by atoms with Gasteiger partial charge in [-0.3, -0.25) is 4.79 Å². The van der Waals surface area contributed by atoms with Gasteiger partial charge in [-0.1, -0.05) is 210 Å². The second-order valence-electron chi connectivity index (χ2n) is 17.6. The zero-order valence-corrected chi connectivity index (χ0v) is 39.9. The maximum atomic E-state index is 12.8. The SMILES string of the molecule is CC/C=C\C/C=C\C/C=C\C/C=C\CCCCCCCCCCCCCOCC(COC1OC(CO)C(O)C(O)C1O)OC(=O)CCCCCCCCCCCCCCCCC. The minimum atomic E-state index is -1.54. The van der Waals surface area contributed by atoms with Gasteiger partial charge in [-0.2, -0.15) is 0 Å². The number of hydrogen-bond donors (Lipinski definition) is 4. The second kappa shape index (κ2) is 44.4. The first-order valence-corrected chi connectivity index (χ1v) is 25.7. The molecular formula is C53H96O9. The predicted octanol–water partition coefficient (Wildman–Crippen LogP) is 12.5. The van der Waals surface area contributed by atoms with Crippen LogP contribution in [0.25, 0.3) is 0 Å². The lowest BCUT2D eigenvalue weighted by atomic mass is 9.99. The molecule has 6 unspecified atom stereocenters. The van der Waals surface area contributed by atoms with E-state index in [0.717, 1.165) is 57.8 Å². The van der Waals surface area contributed by atoms with Gasteiger partial charge in [0.2, 0.25) is 0 Å². The number of carbonyl (C=O) groups excluding carboxylic acids is 1. The fourth-order valence-corrected chi connectivity index (χ4v) is 7.78. The Balaban J connectivity index is 2.18. The number of hydrogen-bond acceptors (Lipinski definition) is 9. The molecule has 1 aliphatic rings. The van der Waals surface area contributed by atoms with Crippen LogP contribution in [0.4, 0.5) is 0 Å². The highest BCUT2D eigenvalue weighted by Gasteiger charge is 2.44. The van der Waals surface area contributed by atoms with E-state index >= 15 is 0 Å². The van der Waals surface area contributed by atoms with Gasteiger partial charge in [0.15, 0.2) is 6.29 Å². The summed E-state index contributed by atoms with van der Waals surface area (Å²) in [6.45, 7) is 4.47. The van der Waals surface area contributed by atoms with E-state index in [0.29, 0.717) is 13.0 Å². The van der Waals surface area contributed by atoms with Crippen molar-refractivity contribution in [3.05, 3.63) is 48.6 Å². The van der Waals surface area contributed by atoms with Gasteiger partial charge in [-0.05, 0) is 51.4 Å². The van der Waals surface area contributed by atoms with Crippen molar-refractivity contribution in [2.45, 2.75) is 256 Å².